The number of aliphatic hydroxyl groups is 1. The number of nitrogens with zero attached hydrogens (tertiary/aromatic N) is 1. The minimum Gasteiger partial charge on any atom is -0.395 e. The van der Waals surface area contributed by atoms with Crippen LogP contribution in [0.3, 0.4) is 0 Å². The van der Waals surface area contributed by atoms with E-state index in [1.807, 2.05) is 6.92 Å². The zero-order valence-electron chi connectivity index (χ0n) is 9.94. The molecule has 0 aliphatic carbocycles. The van der Waals surface area contributed by atoms with Crippen molar-refractivity contribution >= 4 is 5.91 Å². The van der Waals surface area contributed by atoms with Gasteiger partial charge >= 0.3 is 0 Å². The van der Waals surface area contributed by atoms with Crippen LogP contribution < -0.4 is 0 Å². The van der Waals surface area contributed by atoms with Gasteiger partial charge in [-0.05, 0) is 18.9 Å². The minimum absolute atomic E-state index is 0.0206. The molecule has 0 unspecified atom stereocenters. The lowest BCUT2D eigenvalue weighted by Crippen LogP contribution is -2.29. The normalized spacial score (nSPS) is 10.2. The van der Waals surface area contributed by atoms with E-state index >= 15 is 0 Å². The summed E-state index contributed by atoms with van der Waals surface area (Å²) in [6.45, 7) is 2.48. The molecule has 0 radical (unpaired) electrons. The Kier molecular flexibility index (Phi) is 4.99. The predicted octanol–water partition coefficient (Wildman–Crippen LogP) is 1.38. The van der Waals surface area contributed by atoms with Gasteiger partial charge in [0.1, 0.15) is 0 Å². The van der Waals surface area contributed by atoms with Gasteiger partial charge in [0.05, 0.1) is 6.61 Å². The summed E-state index contributed by atoms with van der Waals surface area (Å²) in [7, 11) is 1.72. The van der Waals surface area contributed by atoms with Crippen LogP contribution in [0.1, 0.15) is 17.5 Å². The maximum absolute atomic E-state index is 11.6. The third kappa shape index (κ3) is 4.03. The van der Waals surface area contributed by atoms with Crippen LogP contribution in [0.15, 0.2) is 24.3 Å². The summed E-state index contributed by atoms with van der Waals surface area (Å²) in [6.07, 6.45) is 1.26. The molecule has 16 heavy (non-hydrogen) atoms. The molecule has 0 saturated carbocycles. The molecule has 0 bridgehead atoms. The van der Waals surface area contributed by atoms with E-state index in [1.165, 1.54) is 11.1 Å². The van der Waals surface area contributed by atoms with E-state index in [1.54, 1.807) is 11.9 Å². The second-order valence-corrected chi connectivity index (χ2v) is 4.02. The van der Waals surface area contributed by atoms with Crippen LogP contribution in [0, 0.1) is 6.92 Å². The molecule has 1 rings (SSSR count). The van der Waals surface area contributed by atoms with Gasteiger partial charge in [0, 0.05) is 20.0 Å². The predicted molar refractivity (Wildman–Crippen MR) is 64.2 cm³/mol. The van der Waals surface area contributed by atoms with Crippen molar-refractivity contribution in [2.75, 3.05) is 20.2 Å². The van der Waals surface area contributed by atoms with Gasteiger partial charge in [-0.2, -0.15) is 0 Å². The molecule has 0 saturated heterocycles. The van der Waals surface area contributed by atoms with Gasteiger partial charge in [0.25, 0.3) is 0 Å². The molecule has 1 aromatic rings. The summed E-state index contributed by atoms with van der Waals surface area (Å²) in [4.78, 5) is 13.2. The Balaban J connectivity index is 2.39. The second-order valence-electron chi connectivity index (χ2n) is 4.02. The lowest BCUT2D eigenvalue weighted by molar-refractivity contribution is -0.130. The zero-order chi connectivity index (χ0) is 12.0. The molecule has 0 aliphatic heterocycles. The van der Waals surface area contributed by atoms with Gasteiger partial charge in [-0.1, -0.05) is 29.8 Å². The minimum atomic E-state index is 0.0206. The Hall–Kier alpha value is -1.35. The highest BCUT2D eigenvalue weighted by molar-refractivity contribution is 5.76. The molecule has 0 atom stereocenters. The van der Waals surface area contributed by atoms with Crippen molar-refractivity contribution < 1.29 is 9.90 Å². The van der Waals surface area contributed by atoms with Crippen LogP contribution in [0.25, 0.3) is 0 Å². The van der Waals surface area contributed by atoms with E-state index in [0.717, 1.165) is 6.42 Å². The topological polar surface area (TPSA) is 40.5 Å². The second kappa shape index (κ2) is 6.28. The van der Waals surface area contributed by atoms with Crippen molar-refractivity contribution in [3.8, 4) is 0 Å². The van der Waals surface area contributed by atoms with Crippen molar-refractivity contribution in [2.45, 2.75) is 19.8 Å². The summed E-state index contributed by atoms with van der Waals surface area (Å²) < 4.78 is 0. The van der Waals surface area contributed by atoms with Crippen LogP contribution in [0.2, 0.25) is 0 Å². The van der Waals surface area contributed by atoms with Crippen LogP contribution in [0.5, 0.6) is 0 Å². The van der Waals surface area contributed by atoms with E-state index in [9.17, 15) is 4.79 Å². The Labute approximate surface area is 96.7 Å². The highest BCUT2D eigenvalue weighted by Gasteiger charge is 2.07. The smallest absolute Gasteiger partial charge is 0.222 e. The number of hydrogen-bond donors (Lipinski definition) is 1. The van der Waals surface area contributed by atoms with E-state index in [4.69, 9.17) is 5.11 Å². The number of aryl methyl sites for hydroxylation is 2. The van der Waals surface area contributed by atoms with Crippen LogP contribution in [-0.2, 0) is 11.2 Å². The quantitative estimate of drug-likeness (QED) is 0.816. The summed E-state index contributed by atoms with van der Waals surface area (Å²) in [5.41, 5.74) is 2.41. The summed E-state index contributed by atoms with van der Waals surface area (Å²) in [5, 5.41) is 8.71. The van der Waals surface area contributed by atoms with Crippen molar-refractivity contribution in [1.82, 2.24) is 4.90 Å². The molecule has 88 valence electrons. The first-order chi connectivity index (χ1) is 7.63. The third-order valence-electron chi connectivity index (χ3n) is 2.61. The largest absolute Gasteiger partial charge is 0.395 e. The van der Waals surface area contributed by atoms with Crippen molar-refractivity contribution in [3.05, 3.63) is 35.4 Å². The van der Waals surface area contributed by atoms with Crippen molar-refractivity contribution in [1.29, 1.82) is 0 Å². The standard InChI is InChI=1S/C13H19NO2/c1-11-3-5-12(6-4-11)7-8-13(16)14(2)9-10-15/h3-6,15H,7-10H2,1-2H3. The molecule has 3 heteroatoms. The third-order valence-corrected chi connectivity index (χ3v) is 2.61. The van der Waals surface area contributed by atoms with Crippen LogP contribution in [0.4, 0.5) is 0 Å². The number of likely N-dealkylation sites (N-methyl/N-ethyl adjacent to an activating group) is 1. The first-order valence-electron chi connectivity index (χ1n) is 5.54. The Morgan fingerprint density at radius 1 is 1.31 bits per heavy atom. The van der Waals surface area contributed by atoms with E-state index in [-0.39, 0.29) is 12.5 Å². The maximum atomic E-state index is 11.6. The SMILES string of the molecule is Cc1ccc(CCC(=O)N(C)CCO)cc1. The number of carbonyl (C=O) groups is 1. The molecule has 1 N–H and O–H groups in total. The van der Waals surface area contributed by atoms with Gasteiger partial charge in [-0.25, -0.2) is 0 Å². The fourth-order valence-electron chi connectivity index (χ4n) is 1.47. The Morgan fingerprint density at radius 3 is 2.50 bits per heavy atom. The monoisotopic (exact) mass is 221 g/mol. The molecular weight excluding hydrogens is 202 g/mol. The fraction of sp³-hybridized carbons (Fsp3) is 0.462. The first kappa shape index (κ1) is 12.7. The number of hydrogen-bond acceptors (Lipinski definition) is 2. The lowest BCUT2D eigenvalue weighted by Gasteiger charge is -2.15. The molecule has 0 fully saturated rings. The Morgan fingerprint density at radius 2 is 1.94 bits per heavy atom. The fourth-order valence-corrected chi connectivity index (χ4v) is 1.47. The molecule has 1 aromatic carbocycles. The van der Waals surface area contributed by atoms with Crippen molar-refractivity contribution in [2.24, 2.45) is 0 Å². The zero-order valence-corrected chi connectivity index (χ0v) is 9.94. The average Bonchev–Trinajstić information content (AvgIpc) is 2.28. The summed E-state index contributed by atoms with van der Waals surface area (Å²) in [5.74, 6) is 0.0784. The van der Waals surface area contributed by atoms with Gasteiger partial charge in [0.15, 0.2) is 0 Å². The number of rotatable bonds is 5. The van der Waals surface area contributed by atoms with E-state index in [2.05, 4.69) is 24.3 Å². The number of carbonyl (C=O) groups excluding carboxylic acids is 1. The van der Waals surface area contributed by atoms with Gasteiger partial charge in [0.2, 0.25) is 5.91 Å². The summed E-state index contributed by atoms with van der Waals surface area (Å²) in [6, 6.07) is 8.21. The van der Waals surface area contributed by atoms with Gasteiger partial charge in [-0.15, -0.1) is 0 Å². The number of aliphatic hydroxyl groups excluding tert-OH is 1. The first-order valence-corrected chi connectivity index (χ1v) is 5.54. The molecule has 0 spiro atoms. The number of amides is 1. The molecule has 0 aromatic heterocycles. The maximum Gasteiger partial charge on any atom is 0.222 e. The van der Waals surface area contributed by atoms with Gasteiger partial charge < -0.3 is 10.0 Å². The van der Waals surface area contributed by atoms with E-state index in [0.29, 0.717) is 13.0 Å². The van der Waals surface area contributed by atoms with Crippen LogP contribution in [-0.4, -0.2) is 36.1 Å². The highest BCUT2D eigenvalue weighted by atomic mass is 16.3. The molecule has 3 nitrogen and oxygen atoms in total. The van der Waals surface area contributed by atoms with Crippen LogP contribution >= 0.6 is 0 Å². The highest BCUT2D eigenvalue weighted by Crippen LogP contribution is 2.06. The molecule has 0 aliphatic rings. The average molecular weight is 221 g/mol. The van der Waals surface area contributed by atoms with Crippen molar-refractivity contribution in [3.63, 3.8) is 0 Å². The van der Waals surface area contributed by atoms with Gasteiger partial charge in [-0.3, -0.25) is 4.79 Å². The Bertz CT molecular complexity index is 332. The molecule has 0 heterocycles. The molecule has 1 amide bonds. The molecular formula is C13H19NO2. The summed E-state index contributed by atoms with van der Waals surface area (Å²) >= 11 is 0. The van der Waals surface area contributed by atoms with E-state index < -0.39 is 0 Å². The number of benzene rings is 1. The lowest BCUT2D eigenvalue weighted by atomic mass is 10.1.